The number of imidazole rings is 1. The predicted octanol–water partition coefficient (Wildman–Crippen LogP) is 4.83. The van der Waals surface area contributed by atoms with Crippen LogP contribution in [-0.4, -0.2) is 48.0 Å². The number of fused-ring (bicyclic) bond motifs is 1. The first-order valence-corrected chi connectivity index (χ1v) is 12.6. The number of aryl methyl sites for hydroxylation is 1. The Bertz CT molecular complexity index is 1440. The van der Waals surface area contributed by atoms with E-state index in [0.717, 1.165) is 34.8 Å². The van der Waals surface area contributed by atoms with Crippen molar-refractivity contribution < 1.29 is 9.53 Å². The number of hydrogen-bond donors (Lipinski definition) is 1. The number of hydrogen-bond acceptors (Lipinski definition) is 5. The normalized spacial score (nSPS) is 16.7. The van der Waals surface area contributed by atoms with Crippen molar-refractivity contribution in [3.05, 3.63) is 76.2 Å². The molecule has 0 spiro atoms. The third-order valence-corrected chi connectivity index (χ3v) is 7.20. The van der Waals surface area contributed by atoms with Crippen LogP contribution in [0.5, 0.6) is 5.75 Å². The molecule has 180 valence electrons. The van der Waals surface area contributed by atoms with E-state index in [-0.39, 0.29) is 5.91 Å². The van der Waals surface area contributed by atoms with Gasteiger partial charge in [-0.2, -0.15) is 5.10 Å². The summed E-state index contributed by atoms with van der Waals surface area (Å²) in [5.41, 5.74) is 3.56. The largest absolute Gasteiger partial charge is 0.487 e. The SMILES string of the molecule is Cc1ccc2nc(COc3cccc(C(=O)N4CCC(c5n[nH]c(=S)n5C5CC5)CC4)c3)cn2c1. The first-order chi connectivity index (χ1) is 17.0. The second-order valence-corrected chi connectivity index (χ2v) is 9.96. The Balaban J connectivity index is 1.09. The molecule has 0 bridgehead atoms. The third-order valence-electron chi connectivity index (χ3n) is 6.91. The molecule has 2 fully saturated rings. The number of likely N-dealkylation sites (tertiary alicyclic amines) is 1. The summed E-state index contributed by atoms with van der Waals surface area (Å²) in [7, 11) is 0. The Morgan fingerprint density at radius 1 is 1.14 bits per heavy atom. The van der Waals surface area contributed by atoms with E-state index in [1.165, 1.54) is 18.4 Å². The number of ether oxygens (including phenoxy) is 1. The van der Waals surface area contributed by atoms with Gasteiger partial charge in [0.25, 0.3) is 5.91 Å². The lowest BCUT2D eigenvalue weighted by molar-refractivity contribution is 0.0709. The zero-order valence-corrected chi connectivity index (χ0v) is 20.5. The van der Waals surface area contributed by atoms with E-state index in [0.29, 0.717) is 43.0 Å². The maximum atomic E-state index is 13.2. The third kappa shape index (κ3) is 4.48. The fourth-order valence-electron chi connectivity index (χ4n) is 4.92. The number of pyridine rings is 1. The molecule has 3 aromatic heterocycles. The topological polar surface area (TPSA) is 80.4 Å². The minimum Gasteiger partial charge on any atom is -0.487 e. The molecule has 4 aromatic rings. The molecule has 1 N–H and O–H groups in total. The molecule has 2 aliphatic rings. The smallest absolute Gasteiger partial charge is 0.253 e. The van der Waals surface area contributed by atoms with Crippen LogP contribution in [0.15, 0.2) is 48.8 Å². The summed E-state index contributed by atoms with van der Waals surface area (Å²) in [5, 5.41) is 7.49. The molecule has 0 unspecified atom stereocenters. The van der Waals surface area contributed by atoms with Gasteiger partial charge in [0, 0.05) is 43.0 Å². The summed E-state index contributed by atoms with van der Waals surface area (Å²) < 4.78 is 10.9. The van der Waals surface area contributed by atoms with E-state index >= 15 is 0 Å². The first-order valence-electron chi connectivity index (χ1n) is 12.2. The molecule has 4 heterocycles. The minimum atomic E-state index is 0.0400. The fraction of sp³-hybridized carbons (Fsp3) is 0.385. The molecule has 0 radical (unpaired) electrons. The highest BCUT2D eigenvalue weighted by atomic mass is 32.1. The van der Waals surface area contributed by atoms with Crippen molar-refractivity contribution in [3.8, 4) is 5.75 Å². The van der Waals surface area contributed by atoms with Gasteiger partial charge in [0.15, 0.2) is 4.77 Å². The summed E-state index contributed by atoms with van der Waals surface area (Å²) >= 11 is 5.44. The Hall–Kier alpha value is -3.46. The zero-order valence-electron chi connectivity index (χ0n) is 19.7. The molecule has 1 aliphatic carbocycles. The van der Waals surface area contributed by atoms with E-state index in [2.05, 4.69) is 26.7 Å². The van der Waals surface area contributed by atoms with Crippen LogP contribution in [-0.2, 0) is 6.61 Å². The molecule has 1 amide bonds. The number of amides is 1. The van der Waals surface area contributed by atoms with E-state index in [9.17, 15) is 4.79 Å². The molecule has 1 saturated carbocycles. The van der Waals surface area contributed by atoms with Crippen LogP contribution in [0.3, 0.4) is 0 Å². The Morgan fingerprint density at radius 2 is 1.97 bits per heavy atom. The van der Waals surface area contributed by atoms with Gasteiger partial charge < -0.3 is 18.6 Å². The number of carbonyl (C=O) groups is 1. The summed E-state index contributed by atoms with van der Waals surface area (Å²) in [5.74, 6) is 2.09. The number of H-pyrrole nitrogens is 1. The van der Waals surface area contributed by atoms with Gasteiger partial charge >= 0.3 is 0 Å². The standard InChI is InChI=1S/C26H28N6O2S/c1-17-5-8-23-27-20(15-31(23)14-17)16-34-22-4-2-3-19(13-22)25(33)30-11-9-18(10-12-30)24-28-29-26(35)32(24)21-6-7-21/h2-5,8,13-15,18,21H,6-7,9-12,16H2,1H3,(H,29,35). The van der Waals surface area contributed by atoms with Gasteiger partial charge in [0.1, 0.15) is 23.8 Å². The van der Waals surface area contributed by atoms with Crippen LogP contribution in [0.25, 0.3) is 5.65 Å². The van der Waals surface area contributed by atoms with E-state index in [1.807, 2.05) is 58.1 Å². The van der Waals surface area contributed by atoms with Gasteiger partial charge in [0.05, 0.1) is 5.69 Å². The number of aromatic amines is 1. The Morgan fingerprint density at radius 3 is 2.77 bits per heavy atom. The molecule has 0 atom stereocenters. The summed E-state index contributed by atoms with van der Waals surface area (Å²) in [4.78, 5) is 19.8. The van der Waals surface area contributed by atoms with Crippen LogP contribution < -0.4 is 4.74 Å². The molecular weight excluding hydrogens is 460 g/mol. The zero-order chi connectivity index (χ0) is 23.9. The van der Waals surface area contributed by atoms with Crippen molar-refractivity contribution >= 4 is 23.8 Å². The second-order valence-electron chi connectivity index (χ2n) is 9.58. The molecular formula is C26H28N6O2S. The highest BCUT2D eigenvalue weighted by Gasteiger charge is 2.32. The number of aromatic nitrogens is 5. The van der Waals surface area contributed by atoms with Crippen LogP contribution >= 0.6 is 12.2 Å². The highest BCUT2D eigenvalue weighted by Crippen LogP contribution is 2.39. The summed E-state index contributed by atoms with van der Waals surface area (Å²) in [6.45, 7) is 3.82. The van der Waals surface area contributed by atoms with Gasteiger partial charge in [0.2, 0.25) is 0 Å². The highest BCUT2D eigenvalue weighted by molar-refractivity contribution is 7.71. The number of piperidine rings is 1. The number of carbonyl (C=O) groups excluding carboxylic acids is 1. The van der Waals surface area contributed by atoms with Crippen LogP contribution in [0, 0.1) is 11.7 Å². The van der Waals surface area contributed by atoms with E-state index < -0.39 is 0 Å². The summed E-state index contributed by atoms with van der Waals surface area (Å²) in [6, 6.07) is 12.0. The van der Waals surface area contributed by atoms with Crippen LogP contribution in [0.1, 0.15) is 65.1 Å². The number of nitrogens with one attached hydrogen (secondary N) is 1. The predicted molar refractivity (Wildman–Crippen MR) is 134 cm³/mol. The average molecular weight is 489 g/mol. The summed E-state index contributed by atoms with van der Waals surface area (Å²) in [6.07, 6.45) is 8.15. The maximum absolute atomic E-state index is 13.2. The fourth-order valence-corrected chi connectivity index (χ4v) is 5.20. The Labute approximate surface area is 208 Å². The molecule has 9 heteroatoms. The lowest BCUT2D eigenvalue weighted by atomic mass is 9.95. The number of rotatable bonds is 6. The minimum absolute atomic E-state index is 0.0400. The van der Waals surface area contributed by atoms with Crippen molar-refractivity contribution in [1.29, 1.82) is 0 Å². The van der Waals surface area contributed by atoms with Gasteiger partial charge in [-0.05, 0) is 74.7 Å². The van der Waals surface area contributed by atoms with Crippen molar-refractivity contribution in [2.75, 3.05) is 13.1 Å². The van der Waals surface area contributed by atoms with Gasteiger partial charge in [-0.25, -0.2) is 4.98 Å². The maximum Gasteiger partial charge on any atom is 0.253 e. The number of nitrogens with zero attached hydrogens (tertiary/aromatic N) is 5. The molecule has 35 heavy (non-hydrogen) atoms. The van der Waals surface area contributed by atoms with Crippen molar-refractivity contribution in [1.82, 2.24) is 29.0 Å². The quantitative estimate of drug-likeness (QED) is 0.393. The van der Waals surface area contributed by atoms with E-state index in [1.54, 1.807) is 0 Å². The van der Waals surface area contributed by atoms with Gasteiger partial charge in [-0.1, -0.05) is 12.1 Å². The number of benzene rings is 1. The average Bonchev–Trinajstić information content (AvgIpc) is 3.52. The van der Waals surface area contributed by atoms with Crippen molar-refractivity contribution in [3.63, 3.8) is 0 Å². The lowest BCUT2D eigenvalue weighted by Crippen LogP contribution is -2.38. The molecule has 1 aliphatic heterocycles. The van der Waals surface area contributed by atoms with Crippen LogP contribution in [0.4, 0.5) is 0 Å². The van der Waals surface area contributed by atoms with Gasteiger partial charge in [-0.3, -0.25) is 9.89 Å². The molecule has 1 saturated heterocycles. The second kappa shape index (κ2) is 8.96. The van der Waals surface area contributed by atoms with Crippen LogP contribution in [0.2, 0.25) is 0 Å². The molecule has 1 aromatic carbocycles. The van der Waals surface area contributed by atoms with Gasteiger partial charge in [-0.15, -0.1) is 0 Å². The monoisotopic (exact) mass is 488 g/mol. The molecule has 8 nitrogen and oxygen atoms in total. The Kier molecular flexibility index (Phi) is 5.64. The van der Waals surface area contributed by atoms with Crippen molar-refractivity contribution in [2.24, 2.45) is 0 Å². The molecule has 6 rings (SSSR count). The lowest BCUT2D eigenvalue weighted by Gasteiger charge is -2.31. The van der Waals surface area contributed by atoms with E-state index in [4.69, 9.17) is 17.0 Å². The first kappa shape index (κ1) is 22.0. The van der Waals surface area contributed by atoms with Crippen molar-refractivity contribution in [2.45, 2.75) is 51.2 Å².